The van der Waals surface area contributed by atoms with Crippen molar-refractivity contribution in [3.05, 3.63) is 0 Å². The van der Waals surface area contributed by atoms with E-state index < -0.39 is 43.7 Å². The van der Waals surface area contributed by atoms with Crippen molar-refractivity contribution in [1.82, 2.24) is 15.1 Å². The number of aliphatic carboxylic acids is 1. The maximum Gasteiger partial charge on any atom is 0.406 e. The third-order valence-corrected chi connectivity index (χ3v) is 2.23. The van der Waals surface area contributed by atoms with Gasteiger partial charge in [0.15, 0.2) is 0 Å². The number of halogens is 3. The zero-order valence-corrected chi connectivity index (χ0v) is 11.0. The van der Waals surface area contributed by atoms with Crippen LogP contribution in [0.25, 0.3) is 0 Å². The normalized spacial score (nSPS) is 10.8. The zero-order chi connectivity index (χ0) is 15.9. The molecule has 0 aliphatic rings. The summed E-state index contributed by atoms with van der Waals surface area (Å²) < 4.78 is 37.0. The smallest absolute Gasteiger partial charge is 0.406 e. The molecule has 20 heavy (non-hydrogen) atoms. The van der Waals surface area contributed by atoms with Crippen LogP contribution in [0.5, 0.6) is 0 Å². The lowest BCUT2D eigenvalue weighted by molar-refractivity contribution is -0.149. The van der Waals surface area contributed by atoms with Gasteiger partial charge in [-0.15, -0.1) is 0 Å². The van der Waals surface area contributed by atoms with Crippen molar-refractivity contribution in [3.8, 4) is 0 Å². The maximum atomic E-state index is 12.3. The van der Waals surface area contributed by atoms with E-state index in [-0.39, 0.29) is 11.4 Å². The molecule has 0 saturated carbocycles. The number of nitrogens with one attached hydrogen (secondary N) is 1. The van der Waals surface area contributed by atoms with E-state index in [1.54, 1.807) is 0 Å². The van der Waals surface area contributed by atoms with Crippen molar-refractivity contribution in [1.29, 1.82) is 0 Å². The number of urea groups is 1. The van der Waals surface area contributed by atoms with Gasteiger partial charge in [0.2, 0.25) is 5.91 Å². The number of amides is 3. The molecule has 0 aromatic rings. The van der Waals surface area contributed by atoms with E-state index in [1.807, 2.05) is 0 Å². The third-order valence-electron chi connectivity index (χ3n) is 2.23. The van der Waals surface area contributed by atoms with Gasteiger partial charge in [0.05, 0.1) is 0 Å². The molecule has 0 saturated heterocycles. The van der Waals surface area contributed by atoms with Crippen LogP contribution in [-0.4, -0.2) is 72.2 Å². The molecule has 0 spiro atoms. The molecule has 0 atom stereocenters. The monoisotopic (exact) mass is 299 g/mol. The number of alkyl halides is 3. The van der Waals surface area contributed by atoms with Gasteiger partial charge >= 0.3 is 18.2 Å². The first-order valence-electron chi connectivity index (χ1n) is 5.63. The number of carboxylic acid groups (broad SMARTS) is 1. The minimum absolute atomic E-state index is 0.0276. The maximum absolute atomic E-state index is 12.3. The fraction of sp³-hybridized carbons (Fsp3) is 0.700. The number of hydrogen-bond acceptors (Lipinski definition) is 3. The first kappa shape index (κ1) is 18.0. The van der Waals surface area contributed by atoms with Crippen molar-refractivity contribution in [3.63, 3.8) is 0 Å². The molecule has 0 aromatic heterocycles. The first-order valence-corrected chi connectivity index (χ1v) is 5.63. The summed E-state index contributed by atoms with van der Waals surface area (Å²) in [6, 6.07) is -1.16. The highest BCUT2D eigenvalue weighted by molar-refractivity contribution is 5.85. The largest absolute Gasteiger partial charge is 0.480 e. The first-order chi connectivity index (χ1) is 9.10. The molecule has 0 fully saturated rings. The van der Waals surface area contributed by atoms with Crippen molar-refractivity contribution >= 4 is 17.9 Å². The average molecular weight is 299 g/mol. The molecule has 0 bridgehead atoms. The zero-order valence-electron chi connectivity index (χ0n) is 11.0. The number of carbonyl (C=O) groups excluding carboxylic acids is 2. The van der Waals surface area contributed by atoms with Gasteiger partial charge in [-0.1, -0.05) is 0 Å². The van der Waals surface area contributed by atoms with Crippen molar-refractivity contribution in [2.45, 2.75) is 13.1 Å². The number of carbonyl (C=O) groups is 3. The Morgan fingerprint density at radius 1 is 1.15 bits per heavy atom. The van der Waals surface area contributed by atoms with Crippen LogP contribution in [-0.2, 0) is 9.59 Å². The topological polar surface area (TPSA) is 90.0 Å². The molecule has 0 radical (unpaired) electrons. The molecule has 10 heteroatoms. The second kappa shape index (κ2) is 7.56. The lowest BCUT2D eigenvalue weighted by atomic mass is 10.4. The number of hydrogen-bond donors (Lipinski definition) is 2. The van der Waals surface area contributed by atoms with E-state index in [2.05, 4.69) is 5.32 Å². The van der Waals surface area contributed by atoms with Crippen LogP contribution in [0, 0.1) is 0 Å². The van der Waals surface area contributed by atoms with Crippen LogP contribution in [0.1, 0.15) is 6.92 Å². The van der Waals surface area contributed by atoms with Crippen LogP contribution in [0.3, 0.4) is 0 Å². The summed E-state index contributed by atoms with van der Waals surface area (Å²) in [5.74, 6) is -2.14. The Labute approximate surface area is 113 Å². The summed E-state index contributed by atoms with van der Waals surface area (Å²) >= 11 is 0. The van der Waals surface area contributed by atoms with E-state index in [4.69, 9.17) is 5.11 Å². The third kappa shape index (κ3) is 6.81. The summed E-state index contributed by atoms with van der Waals surface area (Å²) in [5, 5.41) is 10.8. The standard InChI is InChI=1S/C10H16F3N3O4/c1-3-15(4-7(17)14-2)9(20)16(5-8(18)19)6-10(11,12)13/h3-6H2,1-2H3,(H,14,17)(H,18,19). The fourth-order valence-corrected chi connectivity index (χ4v) is 1.34. The Morgan fingerprint density at radius 3 is 2.05 bits per heavy atom. The Morgan fingerprint density at radius 2 is 1.70 bits per heavy atom. The Kier molecular flexibility index (Phi) is 6.80. The Balaban J connectivity index is 4.97. The van der Waals surface area contributed by atoms with Crippen LogP contribution in [0.4, 0.5) is 18.0 Å². The molecule has 0 aromatic carbocycles. The molecule has 0 unspecified atom stereocenters. The Hall–Kier alpha value is -2.00. The lowest BCUT2D eigenvalue weighted by Crippen LogP contribution is -2.51. The minimum atomic E-state index is -4.72. The highest BCUT2D eigenvalue weighted by Gasteiger charge is 2.35. The van der Waals surface area contributed by atoms with Crippen molar-refractivity contribution in [2.24, 2.45) is 0 Å². The molecule has 116 valence electrons. The minimum Gasteiger partial charge on any atom is -0.480 e. The van der Waals surface area contributed by atoms with Gasteiger partial charge in [-0.2, -0.15) is 13.2 Å². The second-order valence-corrected chi connectivity index (χ2v) is 3.83. The van der Waals surface area contributed by atoms with Crippen LogP contribution in [0.15, 0.2) is 0 Å². The van der Waals surface area contributed by atoms with Crippen molar-refractivity contribution < 1.29 is 32.7 Å². The molecule has 0 heterocycles. The van der Waals surface area contributed by atoms with Crippen LogP contribution < -0.4 is 5.32 Å². The predicted molar refractivity (Wildman–Crippen MR) is 62.0 cm³/mol. The van der Waals surface area contributed by atoms with E-state index in [9.17, 15) is 27.6 Å². The number of carboxylic acids is 1. The van der Waals surface area contributed by atoms with Crippen LogP contribution in [0.2, 0.25) is 0 Å². The molecular formula is C10H16F3N3O4. The van der Waals surface area contributed by atoms with Crippen molar-refractivity contribution in [2.75, 3.05) is 33.2 Å². The number of rotatable bonds is 6. The van der Waals surface area contributed by atoms with E-state index in [0.29, 0.717) is 0 Å². The highest BCUT2D eigenvalue weighted by atomic mass is 19.4. The average Bonchev–Trinajstić information content (AvgIpc) is 2.31. The summed E-state index contributed by atoms with van der Waals surface area (Å²) in [6.07, 6.45) is -4.72. The second-order valence-electron chi connectivity index (χ2n) is 3.83. The van der Waals surface area contributed by atoms with Gasteiger partial charge in [-0.05, 0) is 6.92 Å². The molecular weight excluding hydrogens is 283 g/mol. The molecule has 0 aliphatic carbocycles. The Bertz CT molecular complexity index is 373. The summed E-state index contributed by atoms with van der Waals surface area (Å²) in [6.45, 7) is -1.79. The SMILES string of the molecule is CCN(CC(=O)NC)C(=O)N(CC(=O)O)CC(F)(F)F. The van der Waals surface area contributed by atoms with Gasteiger partial charge in [-0.25, -0.2) is 4.79 Å². The summed E-state index contributed by atoms with van der Waals surface area (Å²) in [7, 11) is 1.31. The molecule has 0 aliphatic heterocycles. The van der Waals surface area contributed by atoms with Gasteiger partial charge in [0.25, 0.3) is 0 Å². The predicted octanol–water partition coefficient (Wildman–Crippen LogP) is 0.123. The van der Waals surface area contributed by atoms with E-state index in [1.165, 1.54) is 14.0 Å². The lowest BCUT2D eigenvalue weighted by Gasteiger charge is -2.29. The van der Waals surface area contributed by atoms with E-state index in [0.717, 1.165) is 4.90 Å². The molecule has 0 rings (SSSR count). The fourth-order valence-electron chi connectivity index (χ4n) is 1.34. The van der Waals surface area contributed by atoms with Crippen LogP contribution >= 0.6 is 0 Å². The van der Waals surface area contributed by atoms with E-state index >= 15 is 0 Å². The number of likely N-dealkylation sites (N-methyl/N-ethyl adjacent to an activating group) is 2. The van der Waals surface area contributed by atoms with Gasteiger partial charge in [-0.3, -0.25) is 9.59 Å². The van der Waals surface area contributed by atoms with Gasteiger partial charge < -0.3 is 20.2 Å². The molecule has 2 N–H and O–H groups in total. The summed E-state index contributed by atoms with van der Waals surface area (Å²) in [5.41, 5.74) is 0. The molecule has 7 nitrogen and oxygen atoms in total. The van der Waals surface area contributed by atoms with Gasteiger partial charge in [0.1, 0.15) is 19.6 Å². The highest BCUT2D eigenvalue weighted by Crippen LogP contribution is 2.17. The number of nitrogens with zero attached hydrogens (tertiary/aromatic N) is 2. The van der Waals surface area contributed by atoms with Gasteiger partial charge in [0, 0.05) is 13.6 Å². The quantitative estimate of drug-likeness (QED) is 0.729. The molecule has 3 amide bonds. The summed E-state index contributed by atoms with van der Waals surface area (Å²) in [4.78, 5) is 34.5.